The van der Waals surface area contributed by atoms with Crippen LogP contribution in [0.4, 0.5) is 32.0 Å². The molecule has 2 heterocycles. The summed E-state index contributed by atoms with van der Waals surface area (Å²) in [6.45, 7) is -0.579. The van der Waals surface area contributed by atoms with E-state index in [0.29, 0.717) is 30.8 Å². The number of nitrogens with zero attached hydrogens (tertiary/aromatic N) is 2. The van der Waals surface area contributed by atoms with Gasteiger partial charge >= 0.3 is 12.4 Å². The number of carbonyl (C=O) groups is 1. The Morgan fingerprint density at radius 2 is 1.84 bits per heavy atom. The molecule has 11 heteroatoms. The van der Waals surface area contributed by atoms with Crippen LogP contribution in [0.2, 0.25) is 0 Å². The van der Waals surface area contributed by atoms with Crippen molar-refractivity contribution in [2.24, 2.45) is 0 Å². The van der Waals surface area contributed by atoms with E-state index >= 15 is 0 Å². The third kappa shape index (κ3) is 6.76. The van der Waals surface area contributed by atoms with Crippen molar-refractivity contribution in [3.05, 3.63) is 53.9 Å². The van der Waals surface area contributed by atoms with Crippen molar-refractivity contribution in [1.82, 2.24) is 10.3 Å². The number of amides is 1. The molecular formula is C20H19F6N3O2. The zero-order valence-corrected chi connectivity index (χ0v) is 16.1. The van der Waals surface area contributed by atoms with Gasteiger partial charge in [-0.15, -0.1) is 0 Å². The van der Waals surface area contributed by atoms with Gasteiger partial charge in [0.1, 0.15) is 5.75 Å². The molecule has 1 saturated heterocycles. The molecule has 31 heavy (non-hydrogen) atoms. The Morgan fingerprint density at radius 3 is 2.48 bits per heavy atom. The summed E-state index contributed by atoms with van der Waals surface area (Å²) in [7, 11) is 0. The Bertz CT molecular complexity index is 899. The summed E-state index contributed by atoms with van der Waals surface area (Å²) in [6.07, 6.45) is -6.23. The second kappa shape index (κ2) is 9.03. The van der Waals surface area contributed by atoms with Gasteiger partial charge in [0.25, 0.3) is 0 Å². The van der Waals surface area contributed by atoms with Crippen molar-refractivity contribution >= 4 is 11.6 Å². The normalized spacial score (nSPS) is 17.0. The average molecular weight is 447 g/mol. The van der Waals surface area contributed by atoms with Crippen LogP contribution in [0.1, 0.15) is 17.5 Å². The number of carbonyl (C=O) groups excluding carboxylic acids is 1. The number of aromatic nitrogens is 1. The maximum atomic E-state index is 12.9. The first-order valence-electron chi connectivity index (χ1n) is 9.35. The van der Waals surface area contributed by atoms with E-state index in [0.717, 1.165) is 12.3 Å². The van der Waals surface area contributed by atoms with Crippen LogP contribution in [0.3, 0.4) is 0 Å². The van der Waals surface area contributed by atoms with Crippen LogP contribution in [0.25, 0.3) is 0 Å². The largest absolute Gasteiger partial charge is 0.484 e. The van der Waals surface area contributed by atoms with Gasteiger partial charge in [-0.1, -0.05) is 12.1 Å². The number of nitrogens with one attached hydrogen (secondary N) is 1. The highest BCUT2D eigenvalue weighted by atomic mass is 19.4. The molecule has 168 valence electrons. The highest BCUT2D eigenvalue weighted by molar-refractivity contribution is 5.79. The summed E-state index contributed by atoms with van der Waals surface area (Å²) in [6, 6.07) is 6.50. The topological polar surface area (TPSA) is 54.5 Å². The summed E-state index contributed by atoms with van der Waals surface area (Å²) >= 11 is 0. The van der Waals surface area contributed by atoms with E-state index in [2.05, 4.69) is 15.0 Å². The van der Waals surface area contributed by atoms with Gasteiger partial charge in [0.15, 0.2) is 6.61 Å². The Balaban J connectivity index is 1.50. The number of hydrogen-bond donors (Lipinski definition) is 1. The molecule has 0 bridgehead atoms. The molecule has 1 amide bonds. The number of rotatable bonds is 6. The number of ether oxygens (including phenoxy) is 1. The Labute approximate surface area is 174 Å². The summed E-state index contributed by atoms with van der Waals surface area (Å²) < 4.78 is 79.7. The summed E-state index contributed by atoms with van der Waals surface area (Å²) in [5, 5.41) is 2.83. The molecule has 2 aromatic rings. The van der Waals surface area contributed by atoms with Crippen molar-refractivity contribution in [2.45, 2.75) is 31.2 Å². The maximum Gasteiger partial charge on any atom is 0.422 e. The number of hydrogen-bond acceptors (Lipinski definition) is 4. The van der Waals surface area contributed by atoms with E-state index < -0.39 is 24.5 Å². The Hall–Kier alpha value is -2.98. The predicted molar refractivity (Wildman–Crippen MR) is 99.7 cm³/mol. The quantitative estimate of drug-likeness (QED) is 0.681. The summed E-state index contributed by atoms with van der Waals surface area (Å²) in [4.78, 5) is 17.6. The van der Waals surface area contributed by atoms with Gasteiger partial charge in [-0.2, -0.15) is 26.3 Å². The number of halogens is 6. The maximum absolute atomic E-state index is 12.9. The molecule has 1 fully saturated rings. The van der Waals surface area contributed by atoms with Crippen molar-refractivity contribution in [1.29, 1.82) is 0 Å². The van der Waals surface area contributed by atoms with Crippen LogP contribution in [-0.2, 0) is 17.4 Å². The third-order valence-corrected chi connectivity index (χ3v) is 4.66. The van der Waals surface area contributed by atoms with Crippen LogP contribution >= 0.6 is 0 Å². The van der Waals surface area contributed by atoms with Crippen molar-refractivity contribution in [3.8, 4) is 5.75 Å². The lowest BCUT2D eigenvalue weighted by Gasteiger charge is -2.20. The molecule has 0 spiro atoms. The SMILES string of the molecule is O=C(Cc1ccc(OCC(F)(F)F)cc1)NC1CCN(c2cncc(C(F)(F)F)c2)C1. The molecule has 1 N–H and O–H groups in total. The van der Waals surface area contributed by atoms with Gasteiger partial charge in [-0.25, -0.2) is 0 Å². The fourth-order valence-corrected chi connectivity index (χ4v) is 3.20. The minimum atomic E-state index is -4.48. The van der Waals surface area contributed by atoms with Crippen LogP contribution in [0.15, 0.2) is 42.7 Å². The van der Waals surface area contributed by atoms with Crippen molar-refractivity contribution in [2.75, 3.05) is 24.6 Å². The highest BCUT2D eigenvalue weighted by Crippen LogP contribution is 2.31. The average Bonchev–Trinajstić information content (AvgIpc) is 3.14. The lowest BCUT2D eigenvalue weighted by molar-refractivity contribution is -0.153. The lowest BCUT2D eigenvalue weighted by atomic mass is 10.1. The minimum absolute atomic E-state index is 0.0150. The number of alkyl halides is 6. The monoisotopic (exact) mass is 447 g/mol. The minimum Gasteiger partial charge on any atom is -0.484 e. The molecular weight excluding hydrogens is 428 g/mol. The molecule has 5 nitrogen and oxygen atoms in total. The summed E-state index contributed by atoms with van der Waals surface area (Å²) in [5.74, 6) is -0.249. The highest BCUT2D eigenvalue weighted by Gasteiger charge is 2.32. The molecule has 1 aromatic carbocycles. The van der Waals surface area contributed by atoms with E-state index in [1.54, 1.807) is 4.90 Å². The molecule has 1 aliphatic rings. The molecule has 0 saturated carbocycles. The first-order valence-corrected chi connectivity index (χ1v) is 9.35. The molecule has 1 unspecified atom stereocenters. The molecule has 1 atom stereocenters. The molecule has 1 aliphatic heterocycles. The van der Waals surface area contributed by atoms with Gasteiger partial charge in [-0.05, 0) is 30.2 Å². The molecule has 0 aliphatic carbocycles. The number of benzene rings is 1. The van der Waals surface area contributed by atoms with E-state index in [4.69, 9.17) is 0 Å². The standard InChI is InChI=1S/C20H19F6N3O2/c21-19(22,23)12-31-17-3-1-13(2-4-17)7-18(30)28-15-5-6-29(11-15)16-8-14(9-27-10-16)20(24,25)26/h1-4,8-10,15H,5-7,11-12H2,(H,28,30). The van der Waals surface area contributed by atoms with Crippen LogP contribution in [-0.4, -0.2) is 42.8 Å². The second-order valence-electron chi connectivity index (χ2n) is 7.15. The van der Waals surface area contributed by atoms with Crippen LogP contribution < -0.4 is 15.0 Å². The molecule has 1 aromatic heterocycles. The smallest absolute Gasteiger partial charge is 0.422 e. The summed E-state index contributed by atoms with van der Waals surface area (Å²) in [5.41, 5.74) is 0.0926. The second-order valence-corrected chi connectivity index (χ2v) is 7.15. The number of pyridine rings is 1. The predicted octanol–water partition coefficient (Wildman–Crippen LogP) is 3.98. The van der Waals surface area contributed by atoms with Gasteiger partial charge in [0.2, 0.25) is 5.91 Å². The zero-order valence-electron chi connectivity index (χ0n) is 16.1. The Kier molecular flexibility index (Phi) is 6.61. The molecule has 3 rings (SSSR count). The van der Waals surface area contributed by atoms with E-state index in [1.165, 1.54) is 30.5 Å². The zero-order chi connectivity index (χ0) is 22.6. The number of anilines is 1. The fourth-order valence-electron chi connectivity index (χ4n) is 3.20. The first kappa shape index (κ1) is 22.7. The van der Waals surface area contributed by atoms with E-state index in [1.807, 2.05) is 0 Å². The lowest BCUT2D eigenvalue weighted by Crippen LogP contribution is -2.38. The van der Waals surface area contributed by atoms with Gasteiger partial charge in [0.05, 0.1) is 23.9 Å². The van der Waals surface area contributed by atoms with E-state index in [9.17, 15) is 31.1 Å². The first-order chi connectivity index (χ1) is 14.5. The van der Waals surface area contributed by atoms with Gasteiger partial charge in [-0.3, -0.25) is 9.78 Å². The van der Waals surface area contributed by atoms with E-state index in [-0.39, 0.29) is 24.1 Å². The fraction of sp³-hybridized carbons (Fsp3) is 0.400. The third-order valence-electron chi connectivity index (χ3n) is 4.66. The van der Waals surface area contributed by atoms with Gasteiger partial charge < -0.3 is 15.0 Å². The van der Waals surface area contributed by atoms with Crippen LogP contribution in [0.5, 0.6) is 5.75 Å². The Morgan fingerprint density at radius 1 is 1.13 bits per heavy atom. The van der Waals surface area contributed by atoms with Gasteiger partial charge in [0, 0.05) is 25.3 Å². The van der Waals surface area contributed by atoms with Crippen LogP contribution in [0, 0.1) is 0 Å². The van der Waals surface area contributed by atoms with Crippen molar-refractivity contribution in [3.63, 3.8) is 0 Å². The molecule has 0 radical (unpaired) electrons. The van der Waals surface area contributed by atoms with Crippen molar-refractivity contribution < 1.29 is 35.9 Å².